The van der Waals surface area contributed by atoms with E-state index in [0.29, 0.717) is 22.4 Å². The maximum atomic E-state index is 13.3. The summed E-state index contributed by atoms with van der Waals surface area (Å²) in [7, 11) is 1.62. The highest BCUT2D eigenvalue weighted by Crippen LogP contribution is 2.34. The molecule has 8 heteroatoms. The lowest BCUT2D eigenvalue weighted by molar-refractivity contribution is -0.122. The van der Waals surface area contributed by atoms with Crippen molar-refractivity contribution in [3.8, 4) is 11.5 Å². The van der Waals surface area contributed by atoms with Crippen LogP contribution in [0, 0.1) is 0 Å². The van der Waals surface area contributed by atoms with Crippen molar-refractivity contribution >= 4 is 35.1 Å². The lowest BCUT2D eigenvalue weighted by Crippen LogP contribution is -2.28. The summed E-state index contributed by atoms with van der Waals surface area (Å²) < 4.78 is 16.6. The number of hydrogen-bond donors (Lipinski definition) is 0. The lowest BCUT2D eigenvalue weighted by atomic mass is 10.2. The van der Waals surface area contributed by atoms with Crippen molar-refractivity contribution in [2.75, 3.05) is 7.11 Å². The zero-order valence-corrected chi connectivity index (χ0v) is 21.5. The molecule has 2 heterocycles. The first-order valence-electron chi connectivity index (χ1n) is 11.9. The molecule has 1 saturated heterocycles. The number of benzene rings is 3. The predicted molar refractivity (Wildman–Crippen MR) is 150 cm³/mol. The molecule has 1 fully saturated rings. The van der Waals surface area contributed by atoms with Crippen LogP contribution in [0.1, 0.15) is 22.5 Å². The standard InChI is InChI=1S/C30H25N3O4S/c1-35-25-14-12-22(13-15-25)18-28-29(34)33(20-27-11-6-16-36-27)30(38-28)32-31-19-24-9-5-10-26(17-24)37-21-23-7-3-2-4-8-23/h2-19H,20-21H2,1H3/b28-18-,31-19+,32-30-. The monoisotopic (exact) mass is 523 g/mol. The summed E-state index contributed by atoms with van der Waals surface area (Å²) in [6.45, 7) is 0.740. The Morgan fingerprint density at radius 2 is 1.76 bits per heavy atom. The van der Waals surface area contributed by atoms with E-state index in [1.54, 1.807) is 30.6 Å². The van der Waals surface area contributed by atoms with E-state index in [4.69, 9.17) is 13.9 Å². The summed E-state index contributed by atoms with van der Waals surface area (Å²) in [4.78, 5) is 15.4. The third-order valence-corrected chi connectivity index (χ3v) is 6.65. The third kappa shape index (κ3) is 6.41. The van der Waals surface area contributed by atoms with Crippen LogP contribution in [0.4, 0.5) is 0 Å². The van der Waals surface area contributed by atoms with Crippen molar-refractivity contribution < 1.29 is 18.7 Å². The fourth-order valence-electron chi connectivity index (χ4n) is 3.70. The van der Waals surface area contributed by atoms with Crippen LogP contribution in [-0.4, -0.2) is 29.3 Å². The highest BCUT2D eigenvalue weighted by Gasteiger charge is 2.34. The van der Waals surface area contributed by atoms with Crippen LogP contribution in [0.25, 0.3) is 6.08 Å². The van der Waals surface area contributed by atoms with Crippen molar-refractivity contribution in [1.29, 1.82) is 0 Å². The Kier molecular flexibility index (Phi) is 8.01. The Bertz CT molecular complexity index is 1460. The Balaban J connectivity index is 1.33. The largest absolute Gasteiger partial charge is 0.497 e. The van der Waals surface area contributed by atoms with Crippen LogP contribution in [0.3, 0.4) is 0 Å². The second-order valence-electron chi connectivity index (χ2n) is 8.33. The molecule has 1 amide bonds. The average Bonchev–Trinajstić information content (AvgIpc) is 3.57. The quantitative estimate of drug-likeness (QED) is 0.145. The van der Waals surface area contributed by atoms with Gasteiger partial charge in [-0.2, -0.15) is 5.10 Å². The summed E-state index contributed by atoms with van der Waals surface area (Å²) in [5.74, 6) is 1.99. The van der Waals surface area contributed by atoms with E-state index >= 15 is 0 Å². The van der Waals surface area contributed by atoms with Crippen LogP contribution in [-0.2, 0) is 17.9 Å². The molecule has 0 N–H and O–H groups in total. The molecule has 7 nitrogen and oxygen atoms in total. The molecule has 3 aromatic carbocycles. The minimum absolute atomic E-state index is 0.160. The first-order chi connectivity index (χ1) is 18.7. The van der Waals surface area contributed by atoms with Gasteiger partial charge in [0.15, 0.2) is 5.17 Å². The molecule has 0 bridgehead atoms. The summed E-state index contributed by atoms with van der Waals surface area (Å²) >= 11 is 1.27. The third-order valence-electron chi connectivity index (χ3n) is 5.65. The van der Waals surface area contributed by atoms with Crippen molar-refractivity contribution in [3.05, 3.63) is 125 Å². The van der Waals surface area contributed by atoms with Gasteiger partial charge in [0.2, 0.25) is 0 Å². The Labute approximate surface area is 225 Å². The fourth-order valence-corrected chi connectivity index (χ4v) is 4.64. The minimum Gasteiger partial charge on any atom is -0.497 e. The zero-order valence-electron chi connectivity index (χ0n) is 20.7. The number of amidine groups is 1. The molecule has 0 unspecified atom stereocenters. The molecule has 5 rings (SSSR count). The molecule has 0 aliphatic carbocycles. The van der Waals surface area contributed by atoms with E-state index in [1.807, 2.05) is 91.0 Å². The highest BCUT2D eigenvalue weighted by atomic mass is 32.2. The first kappa shape index (κ1) is 25.1. The summed E-state index contributed by atoms with van der Waals surface area (Å²) in [5, 5.41) is 9.13. The van der Waals surface area contributed by atoms with Gasteiger partial charge in [0, 0.05) is 0 Å². The molecule has 4 aromatic rings. The van der Waals surface area contributed by atoms with Gasteiger partial charge in [-0.15, -0.1) is 5.10 Å². The number of amides is 1. The second kappa shape index (κ2) is 12.1. The number of ether oxygens (including phenoxy) is 2. The highest BCUT2D eigenvalue weighted by molar-refractivity contribution is 8.18. The number of furan rings is 1. The normalized spacial score (nSPS) is 15.6. The van der Waals surface area contributed by atoms with Gasteiger partial charge in [0.25, 0.3) is 5.91 Å². The van der Waals surface area contributed by atoms with Gasteiger partial charge in [-0.25, -0.2) is 0 Å². The van der Waals surface area contributed by atoms with E-state index in [9.17, 15) is 4.79 Å². The van der Waals surface area contributed by atoms with Crippen LogP contribution in [0.5, 0.6) is 11.5 Å². The van der Waals surface area contributed by atoms with Gasteiger partial charge >= 0.3 is 0 Å². The molecular weight excluding hydrogens is 498 g/mol. The number of hydrogen-bond acceptors (Lipinski definition) is 7. The number of carbonyl (C=O) groups excluding carboxylic acids is 1. The van der Waals surface area contributed by atoms with E-state index < -0.39 is 0 Å². The van der Waals surface area contributed by atoms with Crippen molar-refractivity contribution in [2.24, 2.45) is 10.2 Å². The molecule has 190 valence electrons. The number of rotatable bonds is 9. The van der Waals surface area contributed by atoms with Gasteiger partial charge in [-0.3, -0.25) is 9.69 Å². The molecule has 0 atom stereocenters. The Hall–Kier alpha value is -4.56. The molecule has 0 saturated carbocycles. The molecule has 1 aromatic heterocycles. The predicted octanol–water partition coefficient (Wildman–Crippen LogP) is 6.37. The van der Waals surface area contributed by atoms with Crippen molar-refractivity contribution in [3.63, 3.8) is 0 Å². The number of carbonyl (C=O) groups is 1. The van der Waals surface area contributed by atoms with E-state index in [1.165, 1.54) is 11.8 Å². The first-order valence-corrected chi connectivity index (χ1v) is 12.8. The second-order valence-corrected chi connectivity index (χ2v) is 9.34. The van der Waals surface area contributed by atoms with E-state index in [-0.39, 0.29) is 12.5 Å². The van der Waals surface area contributed by atoms with E-state index in [2.05, 4.69) is 10.2 Å². The maximum Gasteiger partial charge on any atom is 0.267 e. The molecule has 0 spiro atoms. The van der Waals surface area contributed by atoms with Gasteiger partial charge < -0.3 is 13.9 Å². The average molecular weight is 524 g/mol. The maximum absolute atomic E-state index is 13.3. The molecular formula is C30H25N3O4S. The number of thioether (sulfide) groups is 1. The SMILES string of the molecule is COc1ccc(/C=C2\S/C(=N\N=C\c3cccc(OCc4ccccc4)c3)N(Cc3ccco3)C2=O)cc1. The van der Waals surface area contributed by atoms with Gasteiger partial charge in [-0.05, 0) is 70.9 Å². The molecule has 0 radical (unpaired) electrons. The zero-order chi connectivity index (χ0) is 26.2. The van der Waals surface area contributed by atoms with Crippen molar-refractivity contribution in [2.45, 2.75) is 13.2 Å². The van der Waals surface area contributed by atoms with Crippen LogP contribution >= 0.6 is 11.8 Å². The van der Waals surface area contributed by atoms with Crippen LogP contribution in [0.15, 0.2) is 117 Å². The van der Waals surface area contributed by atoms with Gasteiger partial charge in [0.05, 0.1) is 31.0 Å². The fraction of sp³-hybridized carbons (Fsp3) is 0.100. The van der Waals surface area contributed by atoms with Crippen LogP contribution in [0.2, 0.25) is 0 Å². The Morgan fingerprint density at radius 3 is 2.53 bits per heavy atom. The summed E-state index contributed by atoms with van der Waals surface area (Å²) in [5.41, 5.74) is 2.81. The molecule has 1 aliphatic rings. The molecule has 38 heavy (non-hydrogen) atoms. The number of nitrogens with zero attached hydrogens (tertiary/aromatic N) is 3. The topological polar surface area (TPSA) is 76.6 Å². The lowest BCUT2D eigenvalue weighted by Gasteiger charge is -2.12. The smallest absolute Gasteiger partial charge is 0.267 e. The van der Waals surface area contributed by atoms with Gasteiger partial charge in [0.1, 0.15) is 23.9 Å². The van der Waals surface area contributed by atoms with Crippen molar-refractivity contribution in [1.82, 2.24) is 4.90 Å². The Morgan fingerprint density at radius 1 is 0.921 bits per heavy atom. The van der Waals surface area contributed by atoms with E-state index in [0.717, 1.165) is 28.2 Å². The minimum atomic E-state index is -0.160. The molecule has 1 aliphatic heterocycles. The van der Waals surface area contributed by atoms with Gasteiger partial charge in [-0.1, -0.05) is 54.6 Å². The summed E-state index contributed by atoms with van der Waals surface area (Å²) in [6, 6.07) is 28.7. The summed E-state index contributed by atoms with van der Waals surface area (Å²) in [6.07, 6.45) is 5.06. The van der Waals surface area contributed by atoms with Crippen LogP contribution < -0.4 is 9.47 Å². The number of methoxy groups -OCH3 is 1.